The zero-order valence-corrected chi connectivity index (χ0v) is 19.3. The van der Waals surface area contributed by atoms with Crippen LogP contribution in [0.2, 0.25) is 5.02 Å². The van der Waals surface area contributed by atoms with Crippen LogP contribution in [-0.2, 0) is 4.79 Å². The Bertz CT molecular complexity index is 1200. The van der Waals surface area contributed by atoms with Crippen molar-refractivity contribution in [1.29, 1.82) is 0 Å². The number of carbonyl (C=O) groups excluding carboxylic acids is 2. The number of amides is 2. The number of nitrogens with zero attached hydrogens (tertiary/aromatic N) is 5. The smallest absolute Gasteiger partial charge is 0.253 e. The average Bonchev–Trinajstić information content (AvgIpc) is 3.01. The summed E-state index contributed by atoms with van der Waals surface area (Å²) in [5.74, 6) is 1.03. The van der Waals surface area contributed by atoms with Crippen LogP contribution in [0.3, 0.4) is 0 Å². The normalized spacial score (nSPS) is 18.7. The molecule has 0 spiro atoms. The van der Waals surface area contributed by atoms with Crippen LogP contribution in [0.25, 0.3) is 11.0 Å². The number of anilines is 2. The van der Waals surface area contributed by atoms with Crippen molar-refractivity contribution in [2.24, 2.45) is 5.92 Å². The molecule has 3 heterocycles. The minimum Gasteiger partial charge on any atom is -0.357 e. The Kier molecular flexibility index (Phi) is 5.89. The molecule has 1 atom stereocenters. The predicted octanol–water partition coefficient (Wildman–Crippen LogP) is 4.01. The second-order valence-electron chi connectivity index (χ2n) is 8.72. The van der Waals surface area contributed by atoms with Crippen LogP contribution in [0.4, 0.5) is 11.6 Å². The van der Waals surface area contributed by atoms with Crippen LogP contribution >= 0.6 is 11.6 Å². The van der Waals surface area contributed by atoms with Gasteiger partial charge in [0.2, 0.25) is 5.91 Å². The number of hydrogen-bond donors (Lipinski definition) is 0. The molecule has 1 saturated heterocycles. The van der Waals surface area contributed by atoms with Gasteiger partial charge in [-0.05, 0) is 55.7 Å². The molecule has 0 aliphatic carbocycles. The maximum Gasteiger partial charge on any atom is 0.253 e. The van der Waals surface area contributed by atoms with Crippen molar-refractivity contribution in [3.63, 3.8) is 0 Å². The van der Waals surface area contributed by atoms with Crippen molar-refractivity contribution in [3.8, 4) is 0 Å². The van der Waals surface area contributed by atoms with Gasteiger partial charge in [-0.2, -0.15) is 0 Å². The molecule has 0 radical (unpaired) electrons. The van der Waals surface area contributed by atoms with E-state index in [4.69, 9.17) is 21.6 Å². The molecule has 33 heavy (non-hydrogen) atoms. The van der Waals surface area contributed by atoms with Gasteiger partial charge in [0.1, 0.15) is 0 Å². The van der Waals surface area contributed by atoms with E-state index in [-0.39, 0.29) is 17.7 Å². The maximum absolute atomic E-state index is 13.7. The van der Waals surface area contributed by atoms with E-state index in [0.717, 1.165) is 42.7 Å². The molecular weight excluding hydrogens is 438 g/mol. The number of benzene rings is 2. The number of likely N-dealkylation sites (tertiary alicyclic amines) is 1. The number of carbonyl (C=O) groups is 2. The first kappa shape index (κ1) is 21.6. The highest BCUT2D eigenvalue weighted by molar-refractivity contribution is 6.30. The third-order valence-electron chi connectivity index (χ3n) is 6.44. The van der Waals surface area contributed by atoms with Crippen molar-refractivity contribution in [1.82, 2.24) is 14.9 Å². The Morgan fingerprint density at radius 2 is 1.61 bits per heavy atom. The molecule has 5 rings (SSSR count). The Labute approximate surface area is 198 Å². The Balaban J connectivity index is 1.41. The largest absolute Gasteiger partial charge is 0.357 e. The molecule has 1 fully saturated rings. The van der Waals surface area contributed by atoms with Crippen LogP contribution in [-0.4, -0.2) is 59.9 Å². The summed E-state index contributed by atoms with van der Waals surface area (Å²) in [5.41, 5.74) is 2.17. The van der Waals surface area contributed by atoms with Gasteiger partial charge in [-0.25, -0.2) is 9.97 Å². The summed E-state index contributed by atoms with van der Waals surface area (Å²) in [6.45, 7) is 2.44. The van der Waals surface area contributed by atoms with E-state index in [1.165, 1.54) is 0 Å². The summed E-state index contributed by atoms with van der Waals surface area (Å²) >= 11 is 5.96. The van der Waals surface area contributed by atoms with E-state index < -0.39 is 0 Å². The Morgan fingerprint density at radius 3 is 2.33 bits per heavy atom. The average molecular weight is 464 g/mol. The molecule has 0 N–H and O–H groups in total. The van der Waals surface area contributed by atoms with Crippen molar-refractivity contribution in [3.05, 3.63) is 59.1 Å². The lowest BCUT2D eigenvalue weighted by molar-refractivity contribution is -0.123. The zero-order valence-electron chi connectivity index (χ0n) is 18.6. The van der Waals surface area contributed by atoms with E-state index >= 15 is 0 Å². The molecule has 1 aromatic heterocycles. The minimum absolute atomic E-state index is 0.0183. The van der Waals surface area contributed by atoms with Gasteiger partial charge in [0.05, 0.1) is 17.0 Å². The summed E-state index contributed by atoms with van der Waals surface area (Å²) in [6.07, 6.45) is 2.38. The summed E-state index contributed by atoms with van der Waals surface area (Å²) < 4.78 is 0. The van der Waals surface area contributed by atoms with E-state index in [1.807, 2.05) is 31.3 Å². The van der Waals surface area contributed by atoms with Gasteiger partial charge in [0.15, 0.2) is 11.6 Å². The van der Waals surface area contributed by atoms with E-state index in [0.29, 0.717) is 36.0 Å². The van der Waals surface area contributed by atoms with Crippen molar-refractivity contribution < 1.29 is 9.59 Å². The fourth-order valence-corrected chi connectivity index (χ4v) is 4.80. The number of para-hydroxylation sites is 2. The molecule has 8 heteroatoms. The molecule has 7 nitrogen and oxygen atoms in total. The lowest BCUT2D eigenvalue weighted by Gasteiger charge is -2.34. The Hall–Kier alpha value is -3.19. The van der Waals surface area contributed by atoms with Gasteiger partial charge in [-0.15, -0.1) is 0 Å². The van der Waals surface area contributed by atoms with Crippen molar-refractivity contribution in [2.75, 3.05) is 43.0 Å². The number of aromatic nitrogens is 2. The van der Waals surface area contributed by atoms with Crippen LogP contribution in [0.5, 0.6) is 0 Å². The zero-order chi connectivity index (χ0) is 22.9. The van der Waals surface area contributed by atoms with E-state index in [1.54, 1.807) is 34.1 Å². The molecule has 0 saturated carbocycles. The van der Waals surface area contributed by atoms with Crippen molar-refractivity contribution in [2.45, 2.75) is 19.3 Å². The molecule has 2 aliphatic heterocycles. The monoisotopic (exact) mass is 463 g/mol. The van der Waals surface area contributed by atoms with Crippen LogP contribution in [0, 0.1) is 5.92 Å². The summed E-state index contributed by atoms with van der Waals surface area (Å²) in [5, 5.41) is 0.594. The second-order valence-corrected chi connectivity index (χ2v) is 9.16. The number of fused-ring (bicyclic) bond motifs is 2. The van der Waals surface area contributed by atoms with Crippen LogP contribution < -0.4 is 9.80 Å². The Morgan fingerprint density at radius 1 is 0.909 bits per heavy atom. The number of piperidine rings is 1. The SMILES string of the molecule is CN1CCCN(C(=O)[C@H]2CCCN(C(=O)c3ccc(Cl)cc3)C2)c2nc3ccccc3nc21. The molecule has 0 unspecified atom stereocenters. The molecule has 0 bridgehead atoms. The highest BCUT2D eigenvalue weighted by Crippen LogP contribution is 2.32. The molecular formula is C25H26ClN5O2. The van der Waals surface area contributed by atoms with Gasteiger partial charge in [-0.1, -0.05) is 23.7 Å². The summed E-state index contributed by atoms with van der Waals surface area (Å²) in [6, 6.07) is 14.6. The lowest BCUT2D eigenvalue weighted by Crippen LogP contribution is -2.47. The fourth-order valence-electron chi connectivity index (χ4n) is 4.67. The summed E-state index contributed by atoms with van der Waals surface area (Å²) in [4.78, 5) is 42.1. The van der Waals surface area contributed by atoms with Crippen LogP contribution in [0.15, 0.2) is 48.5 Å². The number of hydrogen-bond acceptors (Lipinski definition) is 5. The molecule has 2 aromatic carbocycles. The third-order valence-corrected chi connectivity index (χ3v) is 6.69. The topological polar surface area (TPSA) is 69.6 Å². The first-order chi connectivity index (χ1) is 16.0. The predicted molar refractivity (Wildman–Crippen MR) is 130 cm³/mol. The molecule has 2 aliphatic rings. The second kappa shape index (κ2) is 8.98. The van der Waals surface area contributed by atoms with E-state index in [9.17, 15) is 9.59 Å². The quantitative estimate of drug-likeness (QED) is 0.574. The minimum atomic E-state index is -0.264. The number of rotatable bonds is 2. The van der Waals surface area contributed by atoms with Gasteiger partial charge in [-0.3, -0.25) is 14.5 Å². The highest BCUT2D eigenvalue weighted by atomic mass is 35.5. The van der Waals surface area contributed by atoms with E-state index in [2.05, 4.69) is 4.90 Å². The fraction of sp³-hybridized carbons (Fsp3) is 0.360. The van der Waals surface area contributed by atoms with Gasteiger partial charge in [0, 0.05) is 43.8 Å². The van der Waals surface area contributed by atoms with Crippen molar-refractivity contribution >= 4 is 46.1 Å². The molecule has 2 amide bonds. The number of halogens is 1. The first-order valence-electron chi connectivity index (χ1n) is 11.4. The van der Waals surface area contributed by atoms with Gasteiger partial charge in [0.25, 0.3) is 5.91 Å². The lowest BCUT2D eigenvalue weighted by atomic mass is 9.95. The highest BCUT2D eigenvalue weighted by Gasteiger charge is 2.35. The molecule has 170 valence electrons. The molecule has 3 aromatic rings. The first-order valence-corrected chi connectivity index (χ1v) is 11.7. The summed E-state index contributed by atoms with van der Waals surface area (Å²) in [7, 11) is 1.99. The van der Waals surface area contributed by atoms with Gasteiger partial charge >= 0.3 is 0 Å². The standard InChI is InChI=1S/C25H26ClN5O2/c1-29-13-5-15-31(23-22(29)27-20-7-2-3-8-21(20)28-23)25(33)18-6-4-14-30(16-18)24(32)17-9-11-19(26)12-10-17/h2-3,7-12,18H,4-6,13-16H2,1H3/t18-/m0/s1. The van der Waals surface area contributed by atoms with Gasteiger partial charge < -0.3 is 9.80 Å². The third kappa shape index (κ3) is 4.25. The maximum atomic E-state index is 13.7. The van der Waals surface area contributed by atoms with Crippen LogP contribution in [0.1, 0.15) is 29.6 Å².